The van der Waals surface area contributed by atoms with Crippen LogP contribution >= 0.6 is 15.9 Å². The Balaban J connectivity index is 2.20. The van der Waals surface area contributed by atoms with E-state index in [2.05, 4.69) is 31.6 Å². The maximum atomic E-state index is 4.09. The van der Waals surface area contributed by atoms with Crippen LogP contribution in [0.5, 0.6) is 0 Å². The van der Waals surface area contributed by atoms with Crippen molar-refractivity contribution in [2.75, 3.05) is 7.05 Å². The van der Waals surface area contributed by atoms with Crippen molar-refractivity contribution in [1.29, 1.82) is 0 Å². The molecule has 0 radical (unpaired) electrons. The smallest absolute Gasteiger partial charge is 0.153 e. The number of aromatic nitrogens is 3. The lowest BCUT2D eigenvalue weighted by Gasteiger charge is -2.25. The highest BCUT2D eigenvalue weighted by Gasteiger charge is 2.27. The molecule has 96 valence electrons. The summed E-state index contributed by atoms with van der Waals surface area (Å²) in [5, 5.41) is 11.6. The summed E-state index contributed by atoms with van der Waals surface area (Å²) in [6.07, 6.45) is 8.10. The zero-order chi connectivity index (χ0) is 12.3. The molecule has 4 nitrogen and oxygen atoms in total. The molecule has 1 aromatic rings. The van der Waals surface area contributed by atoms with Gasteiger partial charge in [-0.2, -0.15) is 0 Å². The van der Waals surface area contributed by atoms with E-state index in [1.54, 1.807) is 0 Å². The van der Waals surface area contributed by atoms with E-state index >= 15 is 0 Å². The fourth-order valence-corrected chi connectivity index (χ4v) is 3.48. The topological polar surface area (TPSA) is 42.7 Å². The Morgan fingerprint density at radius 1 is 1.29 bits per heavy atom. The van der Waals surface area contributed by atoms with Gasteiger partial charge in [-0.25, -0.2) is 4.68 Å². The molecule has 0 spiro atoms. The first-order valence-electron chi connectivity index (χ1n) is 6.46. The van der Waals surface area contributed by atoms with Crippen molar-refractivity contribution in [3.8, 4) is 0 Å². The first-order chi connectivity index (χ1) is 8.24. The Hall–Kier alpha value is -0.420. The largest absolute Gasteiger partial charge is 0.311 e. The van der Waals surface area contributed by atoms with Crippen molar-refractivity contribution in [1.82, 2.24) is 20.3 Å². The van der Waals surface area contributed by atoms with Gasteiger partial charge in [0.25, 0.3) is 0 Å². The van der Waals surface area contributed by atoms with Gasteiger partial charge < -0.3 is 5.32 Å². The van der Waals surface area contributed by atoms with Gasteiger partial charge in [0, 0.05) is 7.05 Å². The summed E-state index contributed by atoms with van der Waals surface area (Å²) in [7, 11) is 4.00. The zero-order valence-corrected chi connectivity index (χ0v) is 12.2. The molecule has 1 aliphatic rings. The van der Waals surface area contributed by atoms with Crippen LogP contribution in [-0.2, 0) is 7.05 Å². The number of rotatable bonds is 3. The highest BCUT2D eigenvalue weighted by atomic mass is 79.9. The first kappa shape index (κ1) is 13.0. The Morgan fingerprint density at radius 2 is 1.94 bits per heavy atom. The van der Waals surface area contributed by atoms with Crippen LogP contribution in [0.1, 0.15) is 50.3 Å². The van der Waals surface area contributed by atoms with Crippen LogP contribution in [0.15, 0.2) is 4.60 Å². The molecule has 1 aliphatic carbocycles. The van der Waals surface area contributed by atoms with Crippen LogP contribution in [0.2, 0.25) is 0 Å². The predicted octanol–water partition coefficient (Wildman–Crippen LogP) is 2.81. The summed E-state index contributed by atoms with van der Waals surface area (Å²) in [5.41, 5.74) is 1.18. The van der Waals surface area contributed by atoms with Gasteiger partial charge in [-0.15, -0.1) is 5.10 Å². The summed E-state index contributed by atoms with van der Waals surface area (Å²) in [4.78, 5) is 0. The van der Waals surface area contributed by atoms with Gasteiger partial charge in [0.1, 0.15) is 0 Å². The molecule has 0 aromatic carbocycles. The molecule has 5 heteroatoms. The molecule has 1 atom stereocenters. The SMILES string of the molecule is CNC(c1c(Br)nnn1C)C1CCCCCC1. The first-order valence-corrected chi connectivity index (χ1v) is 7.25. The third kappa shape index (κ3) is 2.88. The van der Waals surface area contributed by atoms with Crippen molar-refractivity contribution in [2.24, 2.45) is 13.0 Å². The van der Waals surface area contributed by atoms with E-state index in [1.807, 2.05) is 18.8 Å². The van der Waals surface area contributed by atoms with Gasteiger partial charge in [-0.05, 0) is 41.7 Å². The van der Waals surface area contributed by atoms with Crippen LogP contribution in [0, 0.1) is 5.92 Å². The quantitative estimate of drug-likeness (QED) is 0.873. The molecule has 1 aromatic heterocycles. The number of hydrogen-bond acceptors (Lipinski definition) is 3. The summed E-state index contributed by atoms with van der Waals surface area (Å²) < 4.78 is 2.76. The molecular weight excluding hydrogens is 280 g/mol. The van der Waals surface area contributed by atoms with Crippen LogP contribution in [-0.4, -0.2) is 22.0 Å². The van der Waals surface area contributed by atoms with E-state index in [0.29, 0.717) is 12.0 Å². The summed E-state index contributed by atoms with van der Waals surface area (Å²) in [6.45, 7) is 0. The van der Waals surface area contributed by atoms with Crippen LogP contribution in [0.4, 0.5) is 0 Å². The Morgan fingerprint density at radius 3 is 2.41 bits per heavy atom. The van der Waals surface area contributed by atoms with Crippen molar-refractivity contribution < 1.29 is 0 Å². The molecule has 0 saturated heterocycles. The van der Waals surface area contributed by atoms with Crippen molar-refractivity contribution in [2.45, 2.75) is 44.6 Å². The molecule has 0 bridgehead atoms. The lowest BCUT2D eigenvalue weighted by atomic mass is 9.90. The number of nitrogens with one attached hydrogen (secondary N) is 1. The van der Waals surface area contributed by atoms with Gasteiger partial charge in [0.05, 0.1) is 11.7 Å². The lowest BCUT2D eigenvalue weighted by molar-refractivity contribution is 0.327. The second-order valence-electron chi connectivity index (χ2n) is 4.91. The van der Waals surface area contributed by atoms with Gasteiger partial charge in [-0.1, -0.05) is 30.9 Å². The molecule has 1 fully saturated rings. The predicted molar refractivity (Wildman–Crippen MR) is 71.7 cm³/mol. The Kier molecular flexibility index (Phi) is 4.56. The molecule has 1 heterocycles. The van der Waals surface area contributed by atoms with Crippen LogP contribution in [0.3, 0.4) is 0 Å². The van der Waals surface area contributed by atoms with Gasteiger partial charge in [0.2, 0.25) is 0 Å². The highest BCUT2D eigenvalue weighted by molar-refractivity contribution is 9.10. The third-order valence-electron chi connectivity index (χ3n) is 3.80. The molecule has 1 saturated carbocycles. The fraction of sp³-hybridized carbons (Fsp3) is 0.833. The zero-order valence-electron chi connectivity index (χ0n) is 10.6. The molecule has 2 rings (SSSR count). The van der Waals surface area contributed by atoms with E-state index in [-0.39, 0.29) is 0 Å². The van der Waals surface area contributed by atoms with Gasteiger partial charge in [0.15, 0.2) is 4.60 Å². The number of hydrogen-bond donors (Lipinski definition) is 1. The molecule has 0 amide bonds. The van der Waals surface area contributed by atoms with E-state index in [0.717, 1.165) is 4.60 Å². The second-order valence-corrected chi connectivity index (χ2v) is 5.66. The minimum Gasteiger partial charge on any atom is -0.311 e. The second kappa shape index (κ2) is 5.96. The third-order valence-corrected chi connectivity index (χ3v) is 4.37. The standard InChI is InChI=1S/C12H21BrN4/c1-14-10(9-7-5-3-4-6-8-9)11-12(13)15-16-17(11)2/h9-10,14H,3-8H2,1-2H3. The molecule has 1 N–H and O–H groups in total. The summed E-state index contributed by atoms with van der Waals surface area (Å²) in [5.74, 6) is 0.705. The number of aryl methyl sites for hydroxylation is 1. The normalized spacial score (nSPS) is 20.2. The van der Waals surface area contributed by atoms with E-state index in [9.17, 15) is 0 Å². The van der Waals surface area contributed by atoms with Crippen LogP contribution < -0.4 is 5.32 Å². The Labute approximate surface area is 111 Å². The average Bonchev–Trinajstić information content (AvgIpc) is 2.59. The molecular formula is C12H21BrN4. The lowest BCUT2D eigenvalue weighted by Crippen LogP contribution is -2.27. The van der Waals surface area contributed by atoms with Gasteiger partial charge >= 0.3 is 0 Å². The molecule has 1 unspecified atom stereocenters. The van der Waals surface area contributed by atoms with Crippen molar-refractivity contribution >= 4 is 15.9 Å². The fourth-order valence-electron chi connectivity index (χ4n) is 2.91. The number of nitrogens with zero attached hydrogens (tertiary/aromatic N) is 3. The number of halogens is 1. The van der Waals surface area contributed by atoms with Crippen LogP contribution in [0.25, 0.3) is 0 Å². The van der Waals surface area contributed by atoms with E-state index < -0.39 is 0 Å². The average molecular weight is 301 g/mol. The van der Waals surface area contributed by atoms with Gasteiger partial charge in [-0.3, -0.25) is 0 Å². The summed E-state index contributed by atoms with van der Waals surface area (Å²) >= 11 is 3.51. The van der Waals surface area contributed by atoms with E-state index in [4.69, 9.17) is 0 Å². The van der Waals surface area contributed by atoms with Crippen molar-refractivity contribution in [3.05, 3.63) is 10.3 Å². The minimum absolute atomic E-state index is 0.363. The van der Waals surface area contributed by atoms with E-state index in [1.165, 1.54) is 44.2 Å². The molecule has 17 heavy (non-hydrogen) atoms. The maximum Gasteiger partial charge on any atom is 0.153 e. The van der Waals surface area contributed by atoms with Crippen molar-refractivity contribution in [3.63, 3.8) is 0 Å². The summed E-state index contributed by atoms with van der Waals surface area (Å²) in [6, 6.07) is 0.363. The Bertz CT molecular complexity index is 336. The maximum absolute atomic E-state index is 4.09. The monoisotopic (exact) mass is 300 g/mol. The highest BCUT2D eigenvalue weighted by Crippen LogP contribution is 2.35. The molecule has 0 aliphatic heterocycles. The minimum atomic E-state index is 0.363.